The summed E-state index contributed by atoms with van der Waals surface area (Å²) >= 11 is 0. The van der Waals surface area contributed by atoms with E-state index in [2.05, 4.69) is 4.90 Å². The highest BCUT2D eigenvalue weighted by Crippen LogP contribution is 2.23. The maximum Gasteiger partial charge on any atom is 0.162 e. The molecule has 1 heterocycles. The molecule has 1 saturated heterocycles. The first kappa shape index (κ1) is 19.0. The molecule has 0 unspecified atom stereocenters. The molecule has 0 bridgehead atoms. The number of hydrogen-bond acceptors (Lipinski definition) is 4. The number of nitrogens with zero attached hydrogens (tertiary/aromatic N) is 2. The number of benzene rings is 1. The zero-order valence-electron chi connectivity index (χ0n) is 14.8. The van der Waals surface area contributed by atoms with Crippen molar-refractivity contribution in [1.29, 1.82) is 0 Å². The minimum absolute atomic E-state index is 0.0638. The molecule has 0 aromatic heterocycles. The lowest BCUT2D eigenvalue weighted by molar-refractivity contribution is 0.00271. The van der Waals surface area contributed by atoms with Crippen molar-refractivity contribution in [3.63, 3.8) is 0 Å². The second kappa shape index (κ2) is 8.70. The Kier molecular flexibility index (Phi) is 6.90. The number of ketones is 1. The van der Waals surface area contributed by atoms with Crippen LogP contribution in [0.2, 0.25) is 0 Å². The molecule has 0 spiro atoms. The number of likely N-dealkylation sites (tertiary alicyclic amines) is 1. The van der Waals surface area contributed by atoms with Crippen molar-refractivity contribution in [2.45, 2.75) is 37.7 Å². The van der Waals surface area contributed by atoms with E-state index >= 15 is 0 Å². The molecular formula is C19H29FN2O2. The van der Waals surface area contributed by atoms with E-state index in [1.807, 2.05) is 19.0 Å². The number of likely N-dealkylation sites (N-methyl/N-ethyl adjacent to an activating group) is 1. The molecule has 24 heavy (non-hydrogen) atoms. The molecule has 1 N–H and O–H groups in total. The summed E-state index contributed by atoms with van der Waals surface area (Å²) in [5, 5.41) is 10.7. The number of carbonyl (C=O) groups is 1. The Balaban J connectivity index is 1.74. The van der Waals surface area contributed by atoms with E-state index in [4.69, 9.17) is 0 Å². The van der Waals surface area contributed by atoms with Crippen LogP contribution in [0.15, 0.2) is 24.3 Å². The minimum atomic E-state index is -0.595. The van der Waals surface area contributed by atoms with Crippen LogP contribution in [0.25, 0.3) is 0 Å². The molecule has 0 aliphatic carbocycles. The van der Waals surface area contributed by atoms with Crippen molar-refractivity contribution in [3.05, 3.63) is 35.6 Å². The van der Waals surface area contributed by atoms with Gasteiger partial charge in [0.25, 0.3) is 0 Å². The number of Topliss-reactive ketones (excluding diaryl/α,β-unsaturated/α-hetero) is 1. The van der Waals surface area contributed by atoms with Crippen molar-refractivity contribution in [1.82, 2.24) is 9.80 Å². The Morgan fingerprint density at radius 1 is 1.25 bits per heavy atom. The molecule has 2 rings (SSSR count). The van der Waals surface area contributed by atoms with Gasteiger partial charge in [0.05, 0.1) is 5.60 Å². The van der Waals surface area contributed by atoms with Gasteiger partial charge in [0.15, 0.2) is 5.78 Å². The van der Waals surface area contributed by atoms with E-state index in [-0.39, 0.29) is 11.6 Å². The van der Waals surface area contributed by atoms with Crippen LogP contribution in [-0.4, -0.2) is 66.6 Å². The number of halogens is 1. The van der Waals surface area contributed by atoms with Gasteiger partial charge in [-0.3, -0.25) is 4.79 Å². The van der Waals surface area contributed by atoms with E-state index in [0.717, 1.165) is 45.3 Å². The molecule has 5 heteroatoms. The fourth-order valence-electron chi connectivity index (χ4n) is 3.45. The van der Waals surface area contributed by atoms with Gasteiger partial charge in [-0.25, -0.2) is 4.39 Å². The quantitative estimate of drug-likeness (QED) is 0.777. The Hall–Kier alpha value is -1.30. The van der Waals surface area contributed by atoms with Crippen LogP contribution in [0.3, 0.4) is 0 Å². The molecule has 0 amide bonds. The van der Waals surface area contributed by atoms with Gasteiger partial charge in [-0.15, -0.1) is 0 Å². The van der Waals surface area contributed by atoms with Crippen LogP contribution in [-0.2, 0) is 0 Å². The lowest BCUT2D eigenvalue weighted by Gasteiger charge is -2.30. The van der Waals surface area contributed by atoms with Gasteiger partial charge in [0.2, 0.25) is 0 Å². The molecular weight excluding hydrogens is 307 g/mol. The molecule has 1 aromatic carbocycles. The minimum Gasteiger partial charge on any atom is -0.389 e. The second-order valence-electron chi connectivity index (χ2n) is 7.19. The highest BCUT2D eigenvalue weighted by Gasteiger charge is 2.30. The summed E-state index contributed by atoms with van der Waals surface area (Å²) in [5.41, 5.74) is -0.0186. The fourth-order valence-corrected chi connectivity index (χ4v) is 3.45. The molecule has 4 nitrogen and oxygen atoms in total. The number of hydrogen-bond donors (Lipinski definition) is 1. The summed E-state index contributed by atoms with van der Waals surface area (Å²) in [6, 6.07) is 5.75. The Bertz CT molecular complexity index is 533. The second-order valence-corrected chi connectivity index (χ2v) is 7.19. The van der Waals surface area contributed by atoms with Gasteiger partial charge >= 0.3 is 0 Å². The molecule has 134 valence electrons. The summed E-state index contributed by atoms with van der Waals surface area (Å²) in [5.74, 6) is -0.254. The average molecular weight is 336 g/mol. The first-order chi connectivity index (χ1) is 11.4. The Morgan fingerprint density at radius 3 is 2.62 bits per heavy atom. The van der Waals surface area contributed by atoms with E-state index < -0.39 is 5.60 Å². The maximum absolute atomic E-state index is 12.9. The molecule has 1 aliphatic rings. The van der Waals surface area contributed by atoms with Crippen molar-refractivity contribution in [2.75, 3.05) is 40.3 Å². The fraction of sp³-hybridized carbons (Fsp3) is 0.632. The molecule has 1 aliphatic heterocycles. The van der Waals surface area contributed by atoms with Crippen molar-refractivity contribution in [3.8, 4) is 0 Å². The summed E-state index contributed by atoms with van der Waals surface area (Å²) in [6.45, 7) is 3.41. The van der Waals surface area contributed by atoms with Crippen molar-refractivity contribution >= 4 is 5.78 Å². The lowest BCUT2D eigenvalue weighted by atomic mass is 9.94. The largest absolute Gasteiger partial charge is 0.389 e. The molecule has 0 saturated carbocycles. The predicted molar refractivity (Wildman–Crippen MR) is 93.8 cm³/mol. The zero-order chi connectivity index (χ0) is 17.6. The average Bonchev–Trinajstić information content (AvgIpc) is 2.69. The van der Waals surface area contributed by atoms with Gasteiger partial charge in [0, 0.05) is 25.1 Å². The standard InChI is InChI=1S/C19H29FN2O2/c1-21(2)15-19(24)10-4-13-22(14-11-19)12-3-5-18(23)16-6-8-17(20)9-7-16/h6-9,24H,3-5,10-15H2,1-2H3/t19-/m0/s1. The van der Waals surface area contributed by atoms with Crippen LogP contribution in [0.1, 0.15) is 42.5 Å². The summed E-state index contributed by atoms with van der Waals surface area (Å²) in [6.07, 6.45) is 3.86. The summed E-state index contributed by atoms with van der Waals surface area (Å²) < 4.78 is 12.9. The summed E-state index contributed by atoms with van der Waals surface area (Å²) in [7, 11) is 3.98. The monoisotopic (exact) mass is 336 g/mol. The topological polar surface area (TPSA) is 43.8 Å². The van der Waals surface area contributed by atoms with Gasteiger partial charge in [-0.05, 0) is 77.1 Å². The Labute approximate surface area is 144 Å². The van der Waals surface area contributed by atoms with Gasteiger partial charge in [-0.1, -0.05) is 0 Å². The molecule has 0 radical (unpaired) electrons. The molecule has 1 atom stereocenters. The van der Waals surface area contributed by atoms with E-state index in [0.29, 0.717) is 18.5 Å². The third kappa shape index (κ3) is 5.96. The Morgan fingerprint density at radius 2 is 1.96 bits per heavy atom. The van der Waals surface area contributed by atoms with E-state index in [1.165, 1.54) is 12.1 Å². The van der Waals surface area contributed by atoms with Crippen LogP contribution in [0.5, 0.6) is 0 Å². The smallest absolute Gasteiger partial charge is 0.162 e. The first-order valence-corrected chi connectivity index (χ1v) is 8.76. The van der Waals surface area contributed by atoms with Crippen LogP contribution in [0, 0.1) is 5.82 Å². The predicted octanol–water partition coefficient (Wildman–Crippen LogP) is 2.57. The summed E-state index contributed by atoms with van der Waals surface area (Å²) in [4.78, 5) is 16.5. The van der Waals surface area contributed by atoms with Crippen LogP contribution < -0.4 is 0 Å². The highest BCUT2D eigenvalue weighted by molar-refractivity contribution is 5.95. The van der Waals surface area contributed by atoms with Gasteiger partial charge in [0.1, 0.15) is 5.82 Å². The van der Waals surface area contributed by atoms with Crippen LogP contribution >= 0.6 is 0 Å². The van der Waals surface area contributed by atoms with Gasteiger partial charge < -0.3 is 14.9 Å². The third-order valence-electron chi connectivity index (χ3n) is 4.66. The number of aliphatic hydroxyl groups is 1. The number of rotatable bonds is 7. The van der Waals surface area contributed by atoms with Crippen LogP contribution in [0.4, 0.5) is 4.39 Å². The number of carbonyl (C=O) groups excluding carboxylic acids is 1. The van der Waals surface area contributed by atoms with Crippen molar-refractivity contribution < 1.29 is 14.3 Å². The third-order valence-corrected chi connectivity index (χ3v) is 4.66. The SMILES string of the molecule is CN(C)C[C@]1(O)CCCN(CCCC(=O)c2ccc(F)cc2)CC1. The van der Waals surface area contributed by atoms with E-state index in [1.54, 1.807) is 12.1 Å². The molecule has 1 fully saturated rings. The van der Waals surface area contributed by atoms with Crippen molar-refractivity contribution in [2.24, 2.45) is 0 Å². The van der Waals surface area contributed by atoms with E-state index in [9.17, 15) is 14.3 Å². The highest BCUT2D eigenvalue weighted by atomic mass is 19.1. The first-order valence-electron chi connectivity index (χ1n) is 8.76. The zero-order valence-corrected chi connectivity index (χ0v) is 14.8. The normalized spacial score (nSPS) is 22.5. The molecule has 1 aromatic rings. The maximum atomic E-state index is 12.9. The van der Waals surface area contributed by atoms with Gasteiger partial charge in [-0.2, -0.15) is 0 Å². The lowest BCUT2D eigenvalue weighted by Crippen LogP contribution is -2.41.